The van der Waals surface area contributed by atoms with Crippen molar-refractivity contribution in [1.82, 2.24) is 10.2 Å². The van der Waals surface area contributed by atoms with Gasteiger partial charge in [0.2, 0.25) is 5.91 Å². The van der Waals surface area contributed by atoms with E-state index in [1.165, 1.54) is 0 Å². The average Bonchev–Trinajstić information content (AvgIpc) is 3.05. The molecule has 1 aromatic rings. The van der Waals surface area contributed by atoms with Crippen LogP contribution in [-0.4, -0.2) is 48.1 Å². The molecule has 0 saturated heterocycles. The number of fused-ring (bicyclic) bond motifs is 1. The van der Waals surface area contributed by atoms with Crippen LogP contribution in [0.2, 0.25) is 0 Å². The number of benzene rings is 1. The lowest BCUT2D eigenvalue weighted by Gasteiger charge is -2.22. The summed E-state index contributed by atoms with van der Waals surface area (Å²) in [5, 5.41) is 2.54. The predicted molar refractivity (Wildman–Crippen MR) is 109 cm³/mol. The molecular formula is C21H28N2O4S. The van der Waals surface area contributed by atoms with Crippen LogP contribution in [0.25, 0.3) is 0 Å². The molecule has 1 unspecified atom stereocenters. The summed E-state index contributed by atoms with van der Waals surface area (Å²) in [7, 11) is 1.56. The summed E-state index contributed by atoms with van der Waals surface area (Å²) in [5.74, 6) is 0.681. The van der Waals surface area contributed by atoms with Gasteiger partial charge in [0.25, 0.3) is 5.91 Å². The van der Waals surface area contributed by atoms with Crippen LogP contribution in [0.1, 0.15) is 60.9 Å². The zero-order valence-electron chi connectivity index (χ0n) is 16.3. The van der Waals surface area contributed by atoms with Crippen molar-refractivity contribution in [3.63, 3.8) is 0 Å². The van der Waals surface area contributed by atoms with E-state index in [-0.39, 0.29) is 18.2 Å². The van der Waals surface area contributed by atoms with Crippen LogP contribution in [-0.2, 0) is 20.9 Å². The summed E-state index contributed by atoms with van der Waals surface area (Å²) >= 11 is 1.73. The van der Waals surface area contributed by atoms with E-state index in [0.29, 0.717) is 24.9 Å². The number of thioether (sulfide) groups is 1. The highest BCUT2D eigenvalue weighted by molar-refractivity contribution is 7.99. The number of carbonyl (C=O) groups excluding carboxylic acids is 4. The van der Waals surface area contributed by atoms with E-state index in [4.69, 9.17) is 0 Å². The molecular weight excluding hydrogens is 376 g/mol. The maximum atomic E-state index is 12.8. The largest absolute Gasteiger partial charge is 0.359 e. The number of unbranched alkanes of at least 4 members (excludes halogenated alkanes) is 4. The van der Waals surface area contributed by atoms with Crippen molar-refractivity contribution in [3.8, 4) is 0 Å². The summed E-state index contributed by atoms with van der Waals surface area (Å²) in [5.41, 5.74) is 1.63. The van der Waals surface area contributed by atoms with E-state index in [1.807, 2.05) is 18.2 Å². The molecule has 1 N–H and O–H groups in total. The minimum Gasteiger partial charge on any atom is -0.359 e. The van der Waals surface area contributed by atoms with Gasteiger partial charge < -0.3 is 19.8 Å². The van der Waals surface area contributed by atoms with Gasteiger partial charge in [-0.05, 0) is 42.7 Å². The van der Waals surface area contributed by atoms with Crippen LogP contribution >= 0.6 is 11.8 Å². The van der Waals surface area contributed by atoms with E-state index in [9.17, 15) is 19.2 Å². The number of carbonyl (C=O) groups is 4. The van der Waals surface area contributed by atoms with E-state index in [2.05, 4.69) is 5.32 Å². The Morgan fingerprint density at radius 3 is 2.75 bits per heavy atom. The Bertz CT molecular complexity index is 708. The Hall–Kier alpha value is -2.15. The number of nitrogens with zero attached hydrogens (tertiary/aromatic N) is 1. The fourth-order valence-corrected chi connectivity index (χ4v) is 4.39. The Morgan fingerprint density at radius 2 is 2.04 bits per heavy atom. The molecule has 0 saturated carbocycles. The topological polar surface area (TPSA) is 83.6 Å². The number of aldehydes is 2. The molecule has 0 radical (unpaired) electrons. The minimum atomic E-state index is -0.590. The minimum absolute atomic E-state index is 0.139. The SMILES string of the molecule is CNC(=O)CCC(C=O)N1Cc2c(SCCCCCCC=O)cccc2C1=O. The first kappa shape index (κ1) is 22.1. The van der Waals surface area contributed by atoms with Crippen molar-refractivity contribution in [2.24, 2.45) is 0 Å². The number of hydrogen-bond acceptors (Lipinski definition) is 5. The molecule has 1 aromatic carbocycles. The summed E-state index contributed by atoms with van der Waals surface area (Å²) in [6.07, 6.45) is 7.06. The summed E-state index contributed by atoms with van der Waals surface area (Å²) in [6, 6.07) is 5.12. The first-order valence-electron chi connectivity index (χ1n) is 9.77. The van der Waals surface area contributed by atoms with Crippen LogP contribution in [0.3, 0.4) is 0 Å². The maximum Gasteiger partial charge on any atom is 0.255 e. The zero-order chi connectivity index (χ0) is 20.4. The van der Waals surface area contributed by atoms with Crippen molar-refractivity contribution >= 4 is 36.1 Å². The van der Waals surface area contributed by atoms with Gasteiger partial charge in [-0.1, -0.05) is 18.9 Å². The highest BCUT2D eigenvalue weighted by atomic mass is 32.2. The molecule has 28 heavy (non-hydrogen) atoms. The van der Waals surface area contributed by atoms with Crippen LogP contribution in [0.4, 0.5) is 0 Å². The fraction of sp³-hybridized carbons (Fsp3) is 0.524. The summed E-state index contributed by atoms with van der Waals surface area (Å²) < 4.78 is 0. The second-order valence-corrected chi connectivity index (χ2v) is 7.99. The van der Waals surface area contributed by atoms with Crippen molar-refractivity contribution in [2.75, 3.05) is 12.8 Å². The maximum absolute atomic E-state index is 12.8. The second-order valence-electron chi connectivity index (χ2n) is 6.85. The molecule has 152 valence electrons. The Labute approximate surface area is 170 Å². The number of hydrogen-bond donors (Lipinski definition) is 1. The van der Waals surface area contributed by atoms with Crippen LogP contribution in [0.5, 0.6) is 0 Å². The van der Waals surface area contributed by atoms with E-state index >= 15 is 0 Å². The molecule has 0 aliphatic carbocycles. The van der Waals surface area contributed by atoms with Crippen LogP contribution in [0, 0.1) is 0 Å². The molecule has 0 bridgehead atoms. The predicted octanol–water partition coefficient (Wildman–Crippen LogP) is 2.98. The van der Waals surface area contributed by atoms with Gasteiger partial charge in [-0.15, -0.1) is 11.8 Å². The van der Waals surface area contributed by atoms with Crippen LogP contribution in [0.15, 0.2) is 23.1 Å². The van der Waals surface area contributed by atoms with Crippen molar-refractivity contribution in [2.45, 2.75) is 62.4 Å². The molecule has 0 fully saturated rings. The van der Waals surface area contributed by atoms with Gasteiger partial charge in [0.15, 0.2) is 0 Å². The number of amides is 2. The van der Waals surface area contributed by atoms with E-state index in [1.54, 1.807) is 23.7 Å². The van der Waals surface area contributed by atoms with Gasteiger partial charge >= 0.3 is 0 Å². The van der Waals surface area contributed by atoms with Gasteiger partial charge in [0.1, 0.15) is 12.6 Å². The highest BCUT2D eigenvalue weighted by Gasteiger charge is 2.34. The third kappa shape index (κ3) is 5.92. The fourth-order valence-electron chi connectivity index (χ4n) is 3.30. The number of nitrogens with one attached hydrogen (secondary N) is 1. The first-order valence-corrected chi connectivity index (χ1v) is 10.8. The normalized spacial score (nSPS) is 13.9. The average molecular weight is 405 g/mol. The van der Waals surface area contributed by atoms with E-state index < -0.39 is 6.04 Å². The summed E-state index contributed by atoms with van der Waals surface area (Å²) in [6.45, 7) is 0.411. The molecule has 1 aliphatic rings. The molecule has 1 atom stereocenters. The van der Waals surface area contributed by atoms with Crippen molar-refractivity contribution < 1.29 is 19.2 Å². The van der Waals surface area contributed by atoms with Gasteiger partial charge in [-0.25, -0.2) is 0 Å². The molecule has 2 amide bonds. The van der Waals surface area contributed by atoms with Gasteiger partial charge in [-0.2, -0.15) is 0 Å². The second kappa shape index (κ2) is 11.6. The smallest absolute Gasteiger partial charge is 0.255 e. The summed E-state index contributed by atoms with van der Waals surface area (Å²) in [4.78, 5) is 48.8. The Balaban J connectivity index is 1.94. The first-order chi connectivity index (χ1) is 13.6. The van der Waals surface area contributed by atoms with Crippen molar-refractivity contribution in [1.29, 1.82) is 0 Å². The Kier molecular flexibility index (Phi) is 9.20. The molecule has 7 heteroatoms. The van der Waals surface area contributed by atoms with E-state index in [0.717, 1.165) is 54.5 Å². The molecule has 1 aliphatic heterocycles. The molecule has 2 rings (SSSR count). The number of rotatable bonds is 13. The monoisotopic (exact) mass is 404 g/mol. The lowest BCUT2D eigenvalue weighted by Crippen LogP contribution is -2.37. The van der Waals surface area contributed by atoms with Gasteiger partial charge in [0, 0.05) is 36.9 Å². The van der Waals surface area contributed by atoms with Gasteiger partial charge in [-0.3, -0.25) is 9.59 Å². The lowest BCUT2D eigenvalue weighted by atomic mass is 10.1. The zero-order valence-corrected chi connectivity index (χ0v) is 17.1. The van der Waals surface area contributed by atoms with Crippen molar-refractivity contribution in [3.05, 3.63) is 29.3 Å². The quantitative estimate of drug-likeness (QED) is 0.310. The third-order valence-corrected chi connectivity index (χ3v) is 6.12. The third-order valence-electron chi connectivity index (χ3n) is 4.93. The molecule has 0 spiro atoms. The van der Waals surface area contributed by atoms with Gasteiger partial charge in [0.05, 0.1) is 6.04 Å². The lowest BCUT2D eigenvalue weighted by molar-refractivity contribution is -0.121. The molecule has 0 aromatic heterocycles. The van der Waals surface area contributed by atoms with Crippen LogP contribution < -0.4 is 5.32 Å². The standard InChI is InChI=1S/C21H28N2O4S/c1-22-20(26)11-10-16(15-25)23-14-18-17(21(23)27)8-7-9-19(18)28-13-6-4-2-3-5-12-24/h7-9,12,15-16H,2-6,10-11,13-14H2,1H3,(H,22,26). The molecule has 1 heterocycles. The highest BCUT2D eigenvalue weighted by Crippen LogP contribution is 2.34. The Morgan fingerprint density at radius 1 is 1.25 bits per heavy atom. The molecule has 6 nitrogen and oxygen atoms in total.